The van der Waals surface area contributed by atoms with Crippen molar-refractivity contribution in [2.75, 3.05) is 26.2 Å². The second kappa shape index (κ2) is 8.76. The third kappa shape index (κ3) is 4.39. The normalized spacial score (nSPS) is 21.5. The molecular weight excluding hydrogens is 401 g/mol. The van der Waals surface area contributed by atoms with Crippen molar-refractivity contribution in [1.29, 1.82) is 0 Å². The lowest BCUT2D eigenvalue weighted by Crippen LogP contribution is -2.25. The molecule has 3 heterocycles. The number of aromatic nitrogens is 1. The molecule has 27 heavy (non-hydrogen) atoms. The van der Waals surface area contributed by atoms with Gasteiger partial charge in [0.25, 0.3) is 5.19 Å². The number of benzene rings is 2. The first-order valence-electron chi connectivity index (χ1n) is 8.89. The number of hydrogen-bond donors (Lipinski definition) is 1. The molecule has 0 amide bonds. The fraction of sp³-hybridized carbons (Fsp3) is 0.350. The number of halogens is 2. The highest BCUT2D eigenvalue weighted by Gasteiger charge is 2.35. The lowest BCUT2D eigenvalue weighted by molar-refractivity contribution is 0.305. The van der Waals surface area contributed by atoms with Crippen LogP contribution in [0.2, 0.25) is 0 Å². The van der Waals surface area contributed by atoms with Gasteiger partial charge in [-0.05, 0) is 54.8 Å². The highest BCUT2D eigenvalue weighted by atomic mass is 35.5. The Bertz CT molecular complexity index is 841. The van der Waals surface area contributed by atoms with Crippen LogP contribution in [0.1, 0.15) is 5.56 Å². The maximum Gasteiger partial charge on any atom is 0.279 e. The number of rotatable bonds is 4. The maximum absolute atomic E-state index is 5.93. The predicted molar refractivity (Wildman–Crippen MR) is 116 cm³/mol. The smallest absolute Gasteiger partial charge is 0.279 e. The van der Waals surface area contributed by atoms with Crippen molar-refractivity contribution in [1.82, 2.24) is 15.2 Å². The molecule has 7 heteroatoms. The van der Waals surface area contributed by atoms with Gasteiger partial charge in [0.15, 0.2) is 0 Å². The monoisotopic (exact) mass is 423 g/mol. The van der Waals surface area contributed by atoms with Crippen molar-refractivity contribution in [2.24, 2.45) is 11.8 Å². The zero-order chi connectivity index (χ0) is 16.6. The SMILES string of the molecule is Cl.Cl.c1ccc2sc(Oc3ccc(CN4CC5CNCC5C4)cc3)nc2c1. The Hall–Kier alpha value is -1.37. The van der Waals surface area contributed by atoms with E-state index in [-0.39, 0.29) is 24.8 Å². The van der Waals surface area contributed by atoms with E-state index in [4.69, 9.17) is 4.74 Å². The fourth-order valence-corrected chi connectivity index (χ4v) is 4.83. The van der Waals surface area contributed by atoms with Gasteiger partial charge in [0.2, 0.25) is 0 Å². The van der Waals surface area contributed by atoms with E-state index in [2.05, 4.69) is 45.5 Å². The van der Waals surface area contributed by atoms with Crippen molar-refractivity contribution in [3.05, 3.63) is 54.1 Å². The summed E-state index contributed by atoms with van der Waals surface area (Å²) in [7, 11) is 0. The maximum atomic E-state index is 5.93. The molecule has 2 saturated heterocycles. The summed E-state index contributed by atoms with van der Waals surface area (Å²) in [6.45, 7) is 5.86. The predicted octanol–water partition coefficient (Wildman–Crippen LogP) is 4.58. The van der Waals surface area contributed by atoms with Crippen LogP contribution < -0.4 is 10.1 Å². The molecule has 0 saturated carbocycles. The average molecular weight is 424 g/mol. The Morgan fingerprint density at radius 1 is 1.00 bits per heavy atom. The summed E-state index contributed by atoms with van der Waals surface area (Å²) in [5.74, 6) is 2.55. The van der Waals surface area contributed by atoms with Crippen LogP contribution in [0.3, 0.4) is 0 Å². The van der Waals surface area contributed by atoms with Crippen LogP contribution in [-0.2, 0) is 6.54 Å². The summed E-state index contributed by atoms with van der Waals surface area (Å²) in [5, 5.41) is 4.20. The molecule has 144 valence electrons. The lowest BCUT2D eigenvalue weighted by atomic mass is 10.0. The molecule has 2 fully saturated rings. The second-order valence-corrected chi connectivity index (χ2v) is 8.06. The zero-order valence-corrected chi connectivity index (χ0v) is 17.3. The van der Waals surface area contributed by atoms with Gasteiger partial charge in [-0.25, -0.2) is 4.98 Å². The second-order valence-electron chi connectivity index (χ2n) is 7.07. The fourth-order valence-electron chi connectivity index (χ4n) is 4.00. The Kier molecular flexibility index (Phi) is 6.61. The summed E-state index contributed by atoms with van der Waals surface area (Å²) in [4.78, 5) is 7.11. The first-order valence-corrected chi connectivity index (χ1v) is 9.70. The van der Waals surface area contributed by atoms with Crippen molar-refractivity contribution in [3.8, 4) is 10.9 Å². The van der Waals surface area contributed by atoms with Gasteiger partial charge in [0.1, 0.15) is 5.75 Å². The minimum Gasteiger partial charge on any atom is -0.431 e. The van der Waals surface area contributed by atoms with Crippen LogP contribution in [0.25, 0.3) is 10.2 Å². The van der Waals surface area contributed by atoms with Crippen LogP contribution in [0.4, 0.5) is 0 Å². The molecule has 2 atom stereocenters. The van der Waals surface area contributed by atoms with E-state index < -0.39 is 0 Å². The summed E-state index contributed by atoms with van der Waals surface area (Å²) in [6, 6.07) is 16.6. The Labute approximate surface area is 175 Å². The number of fused-ring (bicyclic) bond motifs is 2. The Morgan fingerprint density at radius 2 is 1.70 bits per heavy atom. The summed E-state index contributed by atoms with van der Waals surface area (Å²) >= 11 is 1.58. The number of thiazole rings is 1. The average Bonchev–Trinajstić information content (AvgIpc) is 3.30. The standard InChI is InChI=1S/C20H21N3OS.2ClH/c1-2-4-19-18(3-1)22-20(25-19)24-17-7-5-14(6-8-17)11-23-12-15-9-21-10-16(15)13-23;;/h1-8,15-16,21H,9-13H2;2*1H. The number of hydrogen-bond acceptors (Lipinski definition) is 5. The van der Waals surface area contributed by atoms with Crippen LogP contribution >= 0.6 is 36.2 Å². The third-order valence-corrected chi connectivity index (χ3v) is 6.19. The number of nitrogens with zero attached hydrogens (tertiary/aromatic N) is 2. The molecule has 1 N–H and O–H groups in total. The van der Waals surface area contributed by atoms with E-state index in [9.17, 15) is 0 Å². The van der Waals surface area contributed by atoms with E-state index in [0.29, 0.717) is 5.19 Å². The molecule has 0 bridgehead atoms. The Balaban J connectivity index is 0.00000105. The van der Waals surface area contributed by atoms with E-state index in [0.717, 1.165) is 34.3 Å². The topological polar surface area (TPSA) is 37.4 Å². The number of nitrogens with one attached hydrogen (secondary N) is 1. The quantitative estimate of drug-likeness (QED) is 0.665. The summed E-state index contributed by atoms with van der Waals surface area (Å²) in [5.41, 5.74) is 2.35. The first kappa shape index (κ1) is 20.4. The van der Waals surface area contributed by atoms with Crippen LogP contribution in [0, 0.1) is 11.8 Å². The highest BCUT2D eigenvalue weighted by molar-refractivity contribution is 7.20. The van der Waals surface area contributed by atoms with Gasteiger partial charge in [0, 0.05) is 19.6 Å². The van der Waals surface area contributed by atoms with Gasteiger partial charge in [-0.3, -0.25) is 4.90 Å². The molecule has 0 radical (unpaired) electrons. The van der Waals surface area contributed by atoms with E-state index in [1.54, 1.807) is 11.3 Å². The molecule has 4 nitrogen and oxygen atoms in total. The third-order valence-electron chi connectivity index (χ3n) is 5.27. The number of ether oxygens (including phenoxy) is 1. The first-order chi connectivity index (χ1) is 12.3. The highest BCUT2D eigenvalue weighted by Crippen LogP contribution is 2.31. The molecule has 5 rings (SSSR count). The molecule has 2 aromatic carbocycles. The van der Waals surface area contributed by atoms with Gasteiger partial charge < -0.3 is 10.1 Å². The molecule has 0 aliphatic carbocycles. The van der Waals surface area contributed by atoms with Crippen molar-refractivity contribution in [2.45, 2.75) is 6.54 Å². The van der Waals surface area contributed by atoms with Gasteiger partial charge in [-0.15, -0.1) is 24.8 Å². The summed E-state index contributed by atoms with van der Waals surface area (Å²) in [6.07, 6.45) is 0. The minimum absolute atomic E-state index is 0. The molecular formula is C20H23Cl2N3OS. The lowest BCUT2D eigenvalue weighted by Gasteiger charge is -2.17. The summed E-state index contributed by atoms with van der Waals surface area (Å²) < 4.78 is 7.09. The van der Waals surface area contributed by atoms with Crippen molar-refractivity contribution < 1.29 is 4.74 Å². The molecule has 3 aromatic rings. The van der Waals surface area contributed by atoms with Gasteiger partial charge in [-0.2, -0.15) is 0 Å². The van der Waals surface area contributed by atoms with Crippen molar-refractivity contribution in [3.63, 3.8) is 0 Å². The largest absolute Gasteiger partial charge is 0.431 e. The van der Waals surface area contributed by atoms with Crippen LogP contribution in [-0.4, -0.2) is 36.1 Å². The van der Waals surface area contributed by atoms with Gasteiger partial charge in [0.05, 0.1) is 10.2 Å². The Morgan fingerprint density at radius 3 is 2.41 bits per heavy atom. The number of likely N-dealkylation sites (tertiary alicyclic amines) is 1. The molecule has 2 unspecified atom stereocenters. The van der Waals surface area contributed by atoms with E-state index in [1.165, 1.54) is 31.7 Å². The van der Waals surface area contributed by atoms with E-state index in [1.807, 2.05) is 18.2 Å². The van der Waals surface area contributed by atoms with E-state index >= 15 is 0 Å². The van der Waals surface area contributed by atoms with Gasteiger partial charge >= 0.3 is 0 Å². The zero-order valence-electron chi connectivity index (χ0n) is 14.8. The minimum atomic E-state index is 0. The number of para-hydroxylation sites is 1. The van der Waals surface area contributed by atoms with Gasteiger partial charge in [-0.1, -0.05) is 35.6 Å². The molecule has 2 aliphatic heterocycles. The van der Waals surface area contributed by atoms with Crippen molar-refractivity contribution >= 4 is 46.4 Å². The molecule has 0 spiro atoms. The van der Waals surface area contributed by atoms with Crippen LogP contribution in [0.15, 0.2) is 48.5 Å². The molecule has 1 aromatic heterocycles. The van der Waals surface area contributed by atoms with Crippen LogP contribution in [0.5, 0.6) is 10.9 Å². The molecule has 2 aliphatic rings.